The number of aryl methyl sites for hydroxylation is 1. The second-order valence-corrected chi connectivity index (χ2v) is 5.55. The van der Waals surface area contributed by atoms with Crippen LogP contribution in [-0.2, 0) is 6.18 Å². The summed E-state index contributed by atoms with van der Waals surface area (Å²) < 4.78 is 43.9. The number of nitrogens with zero attached hydrogens (tertiary/aromatic N) is 6. The van der Waals surface area contributed by atoms with Gasteiger partial charge >= 0.3 is 6.18 Å². The van der Waals surface area contributed by atoms with Crippen molar-refractivity contribution >= 4 is 11.6 Å². The van der Waals surface area contributed by atoms with E-state index in [2.05, 4.69) is 19.9 Å². The maximum atomic E-state index is 12.9. The van der Waals surface area contributed by atoms with Crippen molar-refractivity contribution < 1.29 is 17.9 Å². The molecule has 1 saturated heterocycles. The van der Waals surface area contributed by atoms with Gasteiger partial charge in [0.05, 0.1) is 7.11 Å². The van der Waals surface area contributed by atoms with Gasteiger partial charge in [-0.25, -0.2) is 19.9 Å². The largest absolute Gasteiger partial charge is 0.481 e. The van der Waals surface area contributed by atoms with Gasteiger partial charge in [0.15, 0.2) is 0 Å². The van der Waals surface area contributed by atoms with Gasteiger partial charge in [-0.15, -0.1) is 0 Å². The summed E-state index contributed by atoms with van der Waals surface area (Å²) in [5.74, 6) is 1.59. The number of aromatic nitrogens is 4. The molecule has 10 heteroatoms. The van der Waals surface area contributed by atoms with Gasteiger partial charge in [0.25, 0.3) is 0 Å². The fraction of sp³-hybridized carbons (Fsp3) is 0.467. The quantitative estimate of drug-likeness (QED) is 0.834. The van der Waals surface area contributed by atoms with E-state index in [-0.39, 0.29) is 5.82 Å². The van der Waals surface area contributed by atoms with E-state index in [1.54, 1.807) is 6.07 Å². The molecule has 0 amide bonds. The van der Waals surface area contributed by atoms with E-state index >= 15 is 0 Å². The van der Waals surface area contributed by atoms with E-state index in [1.165, 1.54) is 20.4 Å². The molecule has 0 bridgehead atoms. The molecule has 0 radical (unpaired) electrons. The van der Waals surface area contributed by atoms with Crippen LogP contribution in [0.1, 0.15) is 11.5 Å². The first kappa shape index (κ1) is 17.2. The van der Waals surface area contributed by atoms with E-state index < -0.39 is 11.9 Å². The lowest BCUT2D eigenvalue weighted by molar-refractivity contribution is -0.141. The molecule has 1 aliphatic heterocycles. The zero-order valence-corrected chi connectivity index (χ0v) is 13.8. The minimum Gasteiger partial charge on any atom is -0.481 e. The monoisotopic (exact) mass is 354 g/mol. The summed E-state index contributed by atoms with van der Waals surface area (Å²) in [6.07, 6.45) is -3.06. The maximum Gasteiger partial charge on any atom is 0.433 e. The third-order valence-electron chi connectivity index (χ3n) is 3.88. The Kier molecular flexibility index (Phi) is 4.60. The highest BCUT2D eigenvalue weighted by Crippen LogP contribution is 2.30. The number of rotatable bonds is 3. The number of hydrogen-bond acceptors (Lipinski definition) is 7. The lowest BCUT2D eigenvalue weighted by Crippen LogP contribution is -2.47. The van der Waals surface area contributed by atoms with Crippen LogP contribution < -0.4 is 14.5 Å². The van der Waals surface area contributed by atoms with E-state index in [0.717, 1.165) is 11.9 Å². The van der Waals surface area contributed by atoms with Crippen LogP contribution >= 0.6 is 0 Å². The highest BCUT2D eigenvalue weighted by atomic mass is 19.4. The Morgan fingerprint density at radius 2 is 1.60 bits per heavy atom. The van der Waals surface area contributed by atoms with Crippen molar-refractivity contribution in [2.45, 2.75) is 13.1 Å². The first-order valence-corrected chi connectivity index (χ1v) is 7.65. The van der Waals surface area contributed by atoms with Gasteiger partial charge < -0.3 is 14.5 Å². The number of alkyl halides is 3. The summed E-state index contributed by atoms with van der Waals surface area (Å²) in [4.78, 5) is 19.6. The molecule has 25 heavy (non-hydrogen) atoms. The predicted octanol–water partition coefficient (Wildman–Crippen LogP) is 1.93. The van der Waals surface area contributed by atoms with Crippen LogP contribution in [-0.4, -0.2) is 53.2 Å². The van der Waals surface area contributed by atoms with Crippen LogP contribution in [0.5, 0.6) is 5.88 Å². The Hall–Kier alpha value is -2.65. The molecule has 1 aliphatic rings. The normalized spacial score (nSPS) is 15.4. The first-order chi connectivity index (χ1) is 11.9. The SMILES string of the molecule is COc1cc(N2CCN(c3cc(C(F)(F)F)nc(C)n3)CC2)ncn1. The molecule has 3 heterocycles. The highest BCUT2D eigenvalue weighted by molar-refractivity contribution is 5.46. The molecular formula is C15H17F3N6O. The Morgan fingerprint density at radius 1 is 0.960 bits per heavy atom. The molecule has 2 aromatic heterocycles. The van der Waals surface area contributed by atoms with Crippen molar-refractivity contribution in [3.05, 3.63) is 30.0 Å². The molecule has 0 spiro atoms. The molecule has 1 fully saturated rings. The van der Waals surface area contributed by atoms with Crippen molar-refractivity contribution in [1.82, 2.24) is 19.9 Å². The highest BCUT2D eigenvalue weighted by Gasteiger charge is 2.34. The number of ether oxygens (including phenoxy) is 1. The number of hydrogen-bond donors (Lipinski definition) is 0. The molecule has 2 aromatic rings. The summed E-state index contributed by atoms with van der Waals surface area (Å²) >= 11 is 0. The third-order valence-corrected chi connectivity index (χ3v) is 3.88. The van der Waals surface area contributed by atoms with Crippen molar-refractivity contribution in [3.63, 3.8) is 0 Å². The summed E-state index contributed by atoms with van der Waals surface area (Å²) in [7, 11) is 1.53. The van der Waals surface area contributed by atoms with Crippen LogP contribution in [0.4, 0.5) is 24.8 Å². The molecule has 7 nitrogen and oxygen atoms in total. The summed E-state index contributed by atoms with van der Waals surface area (Å²) in [5.41, 5.74) is -0.919. The number of halogens is 3. The predicted molar refractivity (Wildman–Crippen MR) is 84.8 cm³/mol. The van der Waals surface area contributed by atoms with Gasteiger partial charge in [-0.05, 0) is 6.92 Å². The van der Waals surface area contributed by atoms with Gasteiger partial charge in [-0.3, -0.25) is 0 Å². The van der Waals surface area contributed by atoms with Gasteiger partial charge in [0.1, 0.15) is 29.5 Å². The standard InChI is InChI=1S/C15H17F3N6O/c1-10-21-11(15(16,17)18)7-13(22-10)24-5-3-23(4-6-24)12-8-14(25-2)20-9-19-12/h7-9H,3-6H2,1-2H3. The second-order valence-electron chi connectivity index (χ2n) is 5.55. The molecule has 3 rings (SSSR count). The first-order valence-electron chi connectivity index (χ1n) is 7.65. The molecule has 0 aliphatic carbocycles. The van der Waals surface area contributed by atoms with Crippen molar-refractivity contribution in [3.8, 4) is 5.88 Å². The molecule has 0 saturated carbocycles. The molecule has 0 unspecified atom stereocenters. The fourth-order valence-electron chi connectivity index (χ4n) is 2.64. The molecular weight excluding hydrogens is 337 g/mol. The van der Waals surface area contributed by atoms with Crippen molar-refractivity contribution in [2.75, 3.05) is 43.1 Å². The fourth-order valence-corrected chi connectivity index (χ4v) is 2.64. The molecule has 0 N–H and O–H groups in total. The molecule has 0 atom stereocenters. The number of methoxy groups -OCH3 is 1. The average Bonchev–Trinajstić information content (AvgIpc) is 2.60. The minimum atomic E-state index is -4.48. The summed E-state index contributed by atoms with van der Waals surface area (Å²) in [6.45, 7) is 3.72. The smallest absolute Gasteiger partial charge is 0.433 e. The topological polar surface area (TPSA) is 67.3 Å². The van der Waals surface area contributed by atoms with Gasteiger partial charge in [-0.2, -0.15) is 13.2 Å². The van der Waals surface area contributed by atoms with Crippen LogP contribution in [0.25, 0.3) is 0 Å². The zero-order valence-electron chi connectivity index (χ0n) is 13.8. The van der Waals surface area contributed by atoms with Crippen molar-refractivity contribution in [1.29, 1.82) is 0 Å². The summed E-state index contributed by atoms with van der Waals surface area (Å²) in [6, 6.07) is 2.72. The Morgan fingerprint density at radius 3 is 2.20 bits per heavy atom. The van der Waals surface area contributed by atoms with E-state index in [0.29, 0.717) is 37.9 Å². The molecule has 0 aromatic carbocycles. The number of anilines is 2. The van der Waals surface area contributed by atoms with Crippen molar-refractivity contribution in [2.24, 2.45) is 0 Å². The minimum absolute atomic E-state index is 0.104. The van der Waals surface area contributed by atoms with E-state index in [1.807, 2.05) is 9.80 Å². The molecule has 134 valence electrons. The van der Waals surface area contributed by atoms with Crippen LogP contribution in [0.3, 0.4) is 0 Å². The van der Waals surface area contributed by atoms with Gasteiger partial charge in [0.2, 0.25) is 5.88 Å². The maximum absolute atomic E-state index is 12.9. The van der Waals surface area contributed by atoms with Gasteiger partial charge in [-0.1, -0.05) is 0 Å². The summed E-state index contributed by atoms with van der Waals surface area (Å²) in [5, 5.41) is 0. The Bertz CT molecular complexity index is 746. The zero-order chi connectivity index (χ0) is 18.0. The van der Waals surface area contributed by atoms with Crippen LogP contribution in [0.15, 0.2) is 18.5 Å². The van der Waals surface area contributed by atoms with Gasteiger partial charge in [0, 0.05) is 38.3 Å². The van der Waals surface area contributed by atoms with E-state index in [4.69, 9.17) is 4.74 Å². The van der Waals surface area contributed by atoms with Crippen LogP contribution in [0, 0.1) is 6.92 Å². The van der Waals surface area contributed by atoms with Crippen LogP contribution in [0.2, 0.25) is 0 Å². The lowest BCUT2D eigenvalue weighted by Gasteiger charge is -2.36. The third kappa shape index (κ3) is 3.89. The second kappa shape index (κ2) is 6.69. The number of piperazine rings is 1. The Balaban J connectivity index is 1.73. The lowest BCUT2D eigenvalue weighted by atomic mass is 10.3. The van der Waals surface area contributed by atoms with E-state index in [9.17, 15) is 13.2 Å². The average molecular weight is 354 g/mol. The Labute approximate surface area is 142 Å².